The first-order valence-electron chi connectivity index (χ1n) is 5.95. The molecule has 0 amide bonds. The van der Waals surface area contributed by atoms with Crippen molar-refractivity contribution in [3.63, 3.8) is 0 Å². The second-order valence-corrected chi connectivity index (χ2v) is 4.47. The Kier molecular flexibility index (Phi) is 2.49. The van der Waals surface area contributed by atoms with E-state index in [-0.39, 0.29) is 0 Å². The molecule has 0 fully saturated rings. The summed E-state index contributed by atoms with van der Waals surface area (Å²) in [6.07, 6.45) is 0. The van der Waals surface area contributed by atoms with E-state index in [4.69, 9.17) is 0 Å². The molecule has 2 aromatic rings. The molecule has 88 valence electrons. The predicted molar refractivity (Wildman–Crippen MR) is 75.4 cm³/mol. The van der Waals surface area contributed by atoms with Gasteiger partial charge in [-0.05, 0) is 13.0 Å². The average molecular weight is 234 g/mol. The van der Waals surface area contributed by atoms with Crippen molar-refractivity contribution in [1.29, 1.82) is 0 Å². The first-order valence-corrected chi connectivity index (χ1v) is 5.95. The zero-order valence-corrected chi connectivity index (χ0v) is 10.3. The minimum atomic E-state index is 0.855. The summed E-state index contributed by atoms with van der Waals surface area (Å²) in [5.41, 5.74) is 9.44. The molecule has 2 aromatic carbocycles. The third-order valence-electron chi connectivity index (χ3n) is 3.11. The van der Waals surface area contributed by atoms with Gasteiger partial charge in [-0.25, -0.2) is 0 Å². The first-order chi connectivity index (χ1) is 8.75. The van der Waals surface area contributed by atoms with E-state index >= 15 is 0 Å². The summed E-state index contributed by atoms with van der Waals surface area (Å²) in [5.74, 6) is 0. The van der Waals surface area contributed by atoms with Gasteiger partial charge < -0.3 is 0 Å². The van der Waals surface area contributed by atoms with Crippen molar-refractivity contribution >= 4 is 11.4 Å². The van der Waals surface area contributed by atoms with Gasteiger partial charge >= 0.3 is 0 Å². The lowest BCUT2D eigenvalue weighted by molar-refractivity contribution is 0.977. The quantitative estimate of drug-likeness (QED) is 0.804. The number of hydrogen-bond donors (Lipinski definition) is 1. The molecule has 2 heteroatoms. The van der Waals surface area contributed by atoms with Gasteiger partial charge in [0, 0.05) is 16.7 Å². The van der Waals surface area contributed by atoms with Gasteiger partial charge in [0.2, 0.25) is 0 Å². The van der Waals surface area contributed by atoms with Crippen molar-refractivity contribution in [3.05, 3.63) is 77.4 Å². The summed E-state index contributed by atoms with van der Waals surface area (Å²) in [4.78, 5) is 0. The second-order valence-electron chi connectivity index (χ2n) is 4.47. The van der Waals surface area contributed by atoms with E-state index in [9.17, 15) is 0 Å². The van der Waals surface area contributed by atoms with E-state index in [0.717, 1.165) is 28.1 Å². The third-order valence-corrected chi connectivity index (χ3v) is 3.11. The Morgan fingerprint density at radius 1 is 1.00 bits per heavy atom. The second kappa shape index (κ2) is 4.15. The Morgan fingerprint density at radius 2 is 1.78 bits per heavy atom. The molecule has 1 aliphatic rings. The molecule has 0 saturated carbocycles. The van der Waals surface area contributed by atoms with Crippen molar-refractivity contribution in [2.24, 2.45) is 5.10 Å². The number of hydrazone groups is 1. The smallest absolute Gasteiger partial charge is 0.0984 e. The molecule has 3 rings (SSSR count). The lowest BCUT2D eigenvalue weighted by atomic mass is 9.94. The molecule has 0 spiro atoms. The summed E-state index contributed by atoms with van der Waals surface area (Å²) < 4.78 is 0. The fourth-order valence-corrected chi connectivity index (χ4v) is 2.17. The Bertz CT molecular complexity index is 639. The molecule has 0 atom stereocenters. The zero-order valence-electron chi connectivity index (χ0n) is 10.3. The zero-order chi connectivity index (χ0) is 12.5. The Hall–Kier alpha value is -2.35. The highest BCUT2D eigenvalue weighted by Crippen LogP contribution is 2.24. The molecule has 0 unspecified atom stereocenters. The van der Waals surface area contributed by atoms with Crippen molar-refractivity contribution < 1.29 is 0 Å². The average Bonchev–Trinajstić information content (AvgIpc) is 2.41. The van der Waals surface area contributed by atoms with Crippen LogP contribution in [0.1, 0.15) is 22.3 Å². The SMILES string of the molecule is C=C1NN=C(c2ccccc2)c2ccc(C)cc21. The summed E-state index contributed by atoms with van der Waals surface area (Å²) in [6, 6.07) is 16.6. The van der Waals surface area contributed by atoms with E-state index in [1.807, 2.05) is 18.2 Å². The lowest BCUT2D eigenvalue weighted by Crippen LogP contribution is -2.19. The molecule has 0 aliphatic carbocycles. The van der Waals surface area contributed by atoms with Crippen LogP contribution in [0.5, 0.6) is 0 Å². The van der Waals surface area contributed by atoms with E-state index < -0.39 is 0 Å². The van der Waals surface area contributed by atoms with Gasteiger partial charge in [-0.3, -0.25) is 5.43 Å². The van der Waals surface area contributed by atoms with Crippen molar-refractivity contribution in [2.75, 3.05) is 0 Å². The van der Waals surface area contributed by atoms with Crippen molar-refractivity contribution in [3.8, 4) is 0 Å². The van der Waals surface area contributed by atoms with Crippen LogP contribution in [-0.2, 0) is 0 Å². The number of nitrogens with zero attached hydrogens (tertiary/aromatic N) is 1. The van der Waals surface area contributed by atoms with Crippen LogP contribution in [0.25, 0.3) is 5.70 Å². The summed E-state index contributed by atoms with van der Waals surface area (Å²) in [7, 11) is 0. The first kappa shape index (κ1) is 10.8. The van der Waals surface area contributed by atoms with Crippen LogP contribution in [0.2, 0.25) is 0 Å². The summed E-state index contributed by atoms with van der Waals surface area (Å²) in [5, 5.41) is 4.42. The van der Waals surface area contributed by atoms with E-state index in [1.54, 1.807) is 0 Å². The van der Waals surface area contributed by atoms with Crippen LogP contribution in [0.3, 0.4) is 0 Å². The molecule has 0 saturated heterocycles. The maximum Gasteiger partial charge on any atom is 0.0984 e. The fraction of sp³-hybridized carbons (Fsp3) is 0.0625. The number of benzene rings is 2. The van der Waals surface area contributed by atoms with Crippen LogP contribution >= 0.6 is 0 Å². The fourth-order valence-electron chi connectivity index (χ4n) is 2.17. The number of fused-ring (bicyclic) bond motifs is 1. The van der Waals surface area contributed by atoms with E-state index in [0.29, 0.717) is 0 Å². The predicted octanol–water partition coefficient (Wildman–Crippen LogP) is 3.32. The van der Waals surface area contributed by atoms with Crippen LogP contribution in [0, 0.1) is 6.92 Å². The Labute approximate surface area is 107 Å². The maximum absolute atomic E-state index is 4.42. The molecule has 0 aromatic heterocycles. The van der Waals surface area contributed by atoms with Crippen molar-refractivity contribution in [1.82, 2.24) is 5.43 Å². The molecule has 0 radical (unpaired) electrons. The molecule has 18 heavy (non-hydrogen) atoms. The molecule has 1 N–H and O–H groups in total. The van der Waals surface area contributed by atoms with Gasteiger partial charge in [-0.1, -0.05) is 54.6 Å². The highest BCUT2D eigenvalue weighted by molar-refractivity contribution is 6.16. The van der Waals surface area contributed by atoms with Crippen molar-refractivity contribution in [2.45, 2.75) is 6.92 Å². The normalized spacial score (nSPS) is 13.6. The molecule has 1 heterocycles. The highest BCUT2D eigenvalue weighted by atomic mass is 15.3. The van der Waals surface area contributed by atoms with Crippen LogP contribution in [-0.4, -0.2) is 5.71 Å². The lowest BCUT2D eigenvalue weighted by Gasteiger charge is -2.20. The topological polar surface area (TPSA) is 24.4 Å². The highest BCUT2D eigenvalue weighted by Gasteiger charge is 2.17. The van der Waals surface area contributed by atoms with Gasteiger partial charge in [0.15, 0.2) is 0 Å². The molecule has 0 bridgehead atoms. The van der Waals surface area contributed by atoms with Gasteiger partial charge in [-0.15, -0.1) is 0 Å². The van der Waals surface area contributed by atoms with Crippen LogP contribution < -0.4 is 5.43 Å². The Morgan fingerprint density at radius 3 is 2.56 bits per heavy atom. The molecular formula is C16H14N2. The summed E-state index contributed by atoms with van der Waals surface area (Å²) in [6.45, 7) is 6.09. The molecule has 2 nitrogen and oxygen atoms in total. The minimum Gasteiger partial charge on any atom is -0.278 e. The Balaban J connectivity index is 2.18. The molecular weight excluding hydrogens is 220 g/mol. The number of hydrogen-bond acceptors (Lipinski definition) is 2. The van der Waals surface area contributed by atoms with Gasteiger partial charge in [0.1, 0.15) is 0 Å². The van der Waals surface area contributed by atoms with Gasteiger partial charge in [0.25, 0.3) is 0 Å². The number of rotatable bonds is 1. The van der Waals surface area contributed by atoms with Gasteiger partial charge in [-0.2, -0.15) is 5.10 Å². The van der Waals surface area contributed by atoms with Gasteiger partial charge in [0.05, 0.1) is 11.4 Å². The number of aryl methyl sites for hydroxylation is 1. The maximum atomic E-state index is 4.42. The monoisotopic (exact) mass is 234 g/mol. The van der Waals surface area contributed by atoms with E-state index in [1.165, 1.54) is 5.56 Å². The largest absolute Gasteiger partial charge is 0.278 e. The standard InChI is InChI=1S/C16H14N2/c1-11-8-9-14-15(10-11)12(2)17-18-16(14)13-6-4-3-5-7-13/h3-10,17H,2H2,1H3. The molecule has 1 aliphatic heterocycles. The van der Waals surface area contributed by atoms with E-state index in [2.05, 4.69) is 54.4 Å². The number of nitrogens with one attached hydrogen (secondary N) is 1. The van der Waals surface area contributed by atoms with Crippen LogP contribution in [0.4, 0.5) is 0 Å². The van der Waals surface area contributed by atoms with Crippen LogP contribution in [0.15, 0.2) is 60.2 Å². The summed E-state index contributed by atoms with van der Waals surface area (Å²) >= 11 is 0. The third kappa shape index (κ3) is 1.72. The minimum absolute atomic E-state index is 0.855.